The lowest BCUT2D eigenvalue weighted by molar-refractivity contribution is 0.0598. The molecule has 3 rings (SSSR count). The predicted octanol–water partition coefficient (Wildman–Crippen LogP) is 1.77. The molecule has 10 nitrogen and oxygen atoms in total. The van der Waals surface area contributed by atoms with Crippen molar-refractivity contribution in [2.45, 2.75) is 17.7 Å². The van der Waals surface area contributed by atoms with Gasteiger partial charge in [-0.15, -0.1) is 0 Å². The third-order valence-electron chi connectivity index (χ3n) is 4.84. The highest BCUT2D eigenvalue weighted by Gasteiger charge is 2.32. The molecule has 32 heavy (non-hydrogen) atoms. The van der Waals surface area contributed by atoms with Crippen LogP contribution in [0.3, 0.4) is 0 Å². The minimum atomic E-state index is -4.22. The number of anilines is 2. The smallest absolute Gasteiger partial charge is 0.337 e. The molecular weight excluding hydrogens is 460 g/mol. The van der Waals surface area contributed by atoms with Gasteiger partial charge in [-0.25, -0.2) is 26.4 Å². The van der Waals surface area contributed by atoms with Crippen molar-refractivity contribution in [1.29, 1.82) is 0 Å². The summed E-state index contributed by atoms with van der Waals surface area (Å²) in [7, 11) is -5.52. The van der Waals surface area contributed by atoms with E-state index in [0.29, 0.717) is 29.8 Å². The number of nitrogens with zero attached hydrogens (tertiary/aromatic N) is 1. The molecule has 1 aliphatic rings. The Balaban J connectivity index is 2.15. The molecule has 0 unspecified atom stereocenters. The number of esters is 2. The monoisotopic (exact) mass is 482 g/mol. The Kier molecular flexibility index (Phi) is 6.46. The number of methoxy groups -OCH3 is 2. The average Bonchev–Trinajstić information content (AvgIpc) is 2.76. The average molecular weight is 483 g/mol. The van der Waals surface area contributed by atoms with Gasteiger partial charge >= 0.3 is 11.9 Å². The molecule has 0 saturated heterocycles. The van der Waals surface area contributed by atoms with Gasteiger partial charge in [-0.1, -0.05) is 6.07 Å². The van der Waals surface area contributed by atoms with Crippen LogP contribution in [-0.4, -0.2) is 55.8 Å². The second kappa shape index (κ2) is 8.79. The van der Waals surface area contributed by atoms with E-state index in [4.69, 9.17) is 0 Å². The lowest BCUT2D eigenvalue weighted by atomic mass is 10.0. The number of hydrogen-bond donors (Lipinski definition) is 1. The number of hydrogen-bond acceptors (Lipinski definition) is 8. The van der Waals surface area contributed by atoms with E-state index < -0.39 is 32.0 Å². The summed E-state index contributed by atoms with van der Waals surface area (Å²) in [5, 5.41) is 0. The molecule has 0 aromatic heterocycles. The molecule has 0 atom stereocenters. The maximum atomic E-state index is 13.6. The van der Waals surface area contributed by atoms with Crippen LogP contribution in [-0.2, 0) is 35.9 Å². The predicted molar refractivity (Wildman–Crippen MR) is 117 cm³/mol. The fourth-order valence-corrected chi connectivity index (χ4v) is 5.68. The van der Waals surface area contributed by atoms with Crippen molar-refractivity contribution >= 4 is 43.4 Å². The second-order valence-corrected chi connectivity index (χ2v) is 10.7. The first-order valence-electron chi connectivity index (χ1n) is 9.42. The highest BCUT2D eigenvalue weighted by atomic mass is 32.2. The zero-order chi connectivity index (χ0) is 23.7. The number of fused-ring (bicyclic) bond motifs is 1. The van der Waals surface area contributed by atoms with Gasteiger partial charge in [0.25, 0.3) is 10.0 Å². The third-order valence-corrected chi connectivity index (χ3v) is 7.22. The van der Waals surface area contributed by atoms with Crippen LogP contribution >= 0.6 is 0 Å². The molecule has 0 amide bonds. The minimum Gasteiger partial charge on any atom is -0.465 e. The van der Waals surface area contributed by atoms with Crippen LogP contribution in [0.1, 0.15) is 32.7 Å². The van der Waals surface area contributed by atoms with E-state index in [1.54, 1.807) is 18.2 Å². The van der Waals surface area contributed by atoms with Gasteiger partial charge in [-0.05, 0) is 43.2 Å². The summed E-state index contributed by atoms with van der Waals surface area (Å²) in [6.07, 6.45) is 1.92. The molecule has 2 aromatic carbocycles. The summed E-state index contributed by atoms with van der Waals surface area (Å²) in [4.78, 5) is 23.8. The van der Waals surface area contributed by atoms with E-state index in [9.17, 15) is 26.4 Å². The van der Waals surface area contributed by atoms with Gasteiger partial charge in [-0.2, -0.15) is 0 Å². The highest BCUT2D eigenvalue weighted by Crippen LogP contribution is 2.36. The highest BCUT2D eigenvalue weighted by molar-refractivity contribution is 7.93. The summed E-state index contributed by atoms with van der Waals surface area (Å²) >= 11 is 0. The van der Waals surface area contributed by atoms with Gasteiger partial charge in [-0.3, -0.25) is 9.03 Å². The van der Waals surface area contributed by atoms with Crippen LogP contribution in [0.4, 0.5) is 11.4 Å². The lowest BCUT2D eigenvalue weighted by Crippen LogP contribution is -2.36. The molecule has 0 bridgehead atoms. The maximum Gasteiger partial charge on any atom is 0.337 e. The minimum absolute atomic E-state index is 0.126. The number of rotatable bonds is 6. The SMILES string of the molecule is COC(=O)c1cc(C(=O)OC)cc(S(=O)(=O)N2CCCc3c(NS(C)(=O)=O)cccc32)c1. The molecule has 0 aliphatic carbocycles. The summed E-state index contributed by atoms with van der Waals surface area (Å²) in [5.74, 6) is -1.63. The Morgan fingerprint density at radius 3 is 2.09 bits per heavy atom. The topological polar surface area (TPSA) is 136 Å². The second-order valence-electron chi connectivity index (χ2n) is 7.09. The van der Waals surface area contributed by atoms with Crippen molar-refractivity contribution in [3.8, 4) is 0 Å². The Hall–Kier alpha value is -3.12. The Morgan fingerprint density at radius 2 is 1.56 bits per heavy atom. The van der Waals surface area contributed by atoms with E-state index in [1.165, 1.54) is 6.07 Å². The molecule has 0 saturated carbocycles. The molecule has 2 aromatic rings. The number of benzene rings is 2. The molecule has 172 valence electrons. The third kappa shape index (κ3) is 4.70. The fourth-order valence-electron chi connectivity index (χ4n) is 3.48. The van der Waals surface area contributed by atoms with Crippen molar-refractivity contribution in [2.24, 2.45) is 0 Å². The number of ether oxygens (including phenoxy) is 2. The van der Waals surface area contributed by atoms with Gasteiger partial charge < -0.3 is 9.47 Å². The van der Waals surface area contributed by atoms with E-state index in [0.717, 1.165) is 36.9 Å². The molecular formula is C20H22N2O8S2. The number of carbonyl (C=O) groups is 2. The molecule has 1 N–H and O–H groups in total. The fraction of sp³-hybridized carbons (Fsp3) is 0.300. The summed E-state index contributed by atoms with van der Waals surface area (Å²) < 4.78 is 63.4. The molecule has 1 aliphatic heterocycles. The summed E-state index contributed by atoms with van der Waals surface area (Å²) in [5.41, 5.74) is 0.888. The summed E-state index contributed by atoms with van der Waals surface area (Å²) in [6.45, 7) is 0.133. The molecule has 12 heteroatoms. The Bertz CT molecular complexity index is 1250. The van der Waals surface area contributed by atoms with Crippen LogP contribution in [0, 0.1) is 0 Å². The zero-order valence-electron chi connectivity index (χ0n) is 17.6. The number of nitrogens with one attached hydrogen (secondary N) is 1. The van der Waals surface area contributed by atoms with Crippen LogP contribution < -0.4 is 9.03 Å². The van der Waals surface area contributed by atoms with Crippen LogP contribution in [0.15, 0.2) is 41.3 Å². The van der Waals surface area contributed by atoms with Crippen molar-refractivity contribution < 1.29 is 35.9 Å². The molecule has 0 radical (unpaired) electrons. The first-order chi connectivity index (χ1) is 15.0. The molecule has 1 heterocycles. The largest absolute Gasteiger partial charge is 0.465 e. The van der Waals surface area contributed by atoms with Gasteiger partial charge in [0.2, 0.25) is 10.0 Å². The van der Waals surface area contributed by atoms with Gasteiger partial charge in [0.05, 0.1) is 47.9 Å². The Labute approximate surface area is 186 Å². The van der Waals surface area contributed by atoms with Crippen molar-refractivity contribution in [1.82, 2.24) is 0 Å². The van der Waals surface area contributed by atoms with Gasteiger partial charge in [0.15, 0.2) is 0 Å². The van der Waals surface area contributed by atoms with Crippen LogP contribution in [0.2, 0.25) is 0 Å². The number of sulfonamides is 2. The maximum absolute atomic E-state index is 13.6. The van der Waals surface area contributed by atoms with E-state index >= 15 is 0 Å². The summed E-state index contributed by atoms with van der Waals surface area (Å²) in [6, 6.07) is 8.12. The van der Waals surface area contributed by atoms with Crippen molar-refractivity contribution in [3.05, 3.63) is 53.1 Å². The lowest BCUT2D eigenvalue weighted by Gasteiger charge is -2.31. The zero-order valence-corrected chi connectivity index (χ0v) is 19.2. The normalized spacial score (nSPS) is 13.8. The van der Waals surface area contributed by atoms with Crippen LogP contribution in [0.5, 0.6) is 0 Å². The van der Waals surface area contributed by atoms with Gasteiger partial charge in [0.1, 0.15) is 0 Å². The number of carbonyl (C=O) groups excluding carboxylic acids is 2. The van der Waals surface area contributed by atoms with Crippen molar-refractivity contribution in [3.63, 3.8) is 0 Å². The van der Waals surface area contributed by atoms with E-state index in [1.807, 2.05) is 0 Å². The van der Waals surface area contributed by atoms with E-state index in [2.05, 4.69) is 14.2 Å². The van der Waals surface area contributed by atoms with E-state index in [-0.39, 0.29) is 22.6 Å². The molecule has 0 spiro atoms. The standard InChI is InChI=1S/C20H22N2O8S2/c1-29-19(23)13-10-14(20(24)30-2)12-15(11-13)32(27,28)22-9-5-6-16-17(21-31(3,25)26)7-4-8-18(16)22/h4,7-8,10-12,21H,5-6,9H2,1-3H3. The molecule has 0 fully saturated rings. The first kappa shape index (κ1) is 23.5. The Morgan fingerprint density at radius 1 is 0.969 bits per heavy atom. The van der Waals surface area contributed by atoms with Crippen molar-refractivity contribution in [2.75, 3.05) is 36.0 Å². The van der Waals surface area contributed by atoms with Crippen LogP contribution in [0.25, 0.3) is 0 Å². The quantitative estimate of drug-likeness (QED) is 0.615. The van der Waals surface area contributed by atoms with Gasteiger partial charge in [0, 0.05) is 12.1 Å². The first-order valence-corrected chi connectivity index (χ1v) is 12.7.